The van der Waals surface area contributed by atoms with Crippen LogP contribution in [0.3, 0.4) is 0 Å². The fraction of sp³-hybridized carbons (Fsp3) is 0.429. The van der Waals surface area contributed by atoms with E-state index in [1.165, 1.54) is 0 Å². The molecule has 0 N–H and O–H groups in total. The summed E-state index contributed by atoms with van der Waals surface area (Å²) < 4.78 is 5.24. The number of para-hydroxylation sites is 1. The lowest BCUT2D eigenvalue weighted by Gasteiger charge is -2.18. The lowest BCUT2D eigenvalue weighted by molar-refractivity contribution is 0.296. The molecule has 2 aromatic rings. The number of rotatable bonds is 7. The molecule has 0 unspecified atom stereocenters. The Kier molecular flexibility index (Phi) is 5.83. The van der Waals surface area contributed by atoms with Gasteiger partial charge in [-0.05, 0) is 12.1 Å². The molecule has 108 valence electrons. The van der Waals surface area contributed by atoms with Crippen molar-refractivity contribution in [3.63, 3.8) is 0 Å². The molecule has 2 rings (SSSR count). The van der Waals surface area contributed by atoms with Crippen LogP contribution in [0.2, 0.25) is 0 Å². The Labute approximate surface area is 127 Å². The third-order valence-electron chi connectivity index (χ3n) is 3.02. The SMILES string of the molecule is O=c1oc(CCN(CCCl)CCCl)nc2ccccc12. The first-order chi connectivity index (χ1) is 9.74. The van der Waals surface area contributed by atoms with Gasteiger partial charge >= 0.3 is 5.63 Å². The fourth-order valence-corrected chi connectivity index (χ4v) is 2.48. The lowest BCUT2D eigenvalue weighted by Crippen LogP contribution is -2.30. The van der Waals surface area contributed by atoms with E-state index in [4.69, 9.17) is 27.6 Å². The molecule has 1 heterocycles. The highest BCUT2D eigenvalue weighted by Gasteiger charge is 2.09. The summed E-state index contributed by atoms with van der Waals surface area (Å²) in [7, 11) is 0. The smallest absolute Gasteiger partial charge is 0.346 e. The third-order valence-corrected chi connectivity index (χ3v) is 3.36. The second kappa shape index (κ2) is 7.62. The Balaban J connectivity index is 2.11. The van der Waals surface area contributed by atoms with Crippen molar-refractivity contribution < 1.29 is 4.42 Å². The number of hydrogen-bond acceptors (Lipinski definition) is 4. The molecule has 0 aliphatic rings. The Morgan fingerprint density at radius 3 is 2.50 bits per heavy atom. The molecule has 0 aliphatic heterocycles. The molecule has 1 aromatic heterocycles. The molecule has 0 saturated heterocycles. The van der Waals surface area contributed by atoms with E-state index in [2.05, 4.69) is 9.88 Å². The van der Waals surface area contributed by atoms with Gasteiger partial charge in [-0.2, -0.15) is 0 Å². The van der Waals surface area contributed by atoms with Crippen LogP contribution in [0.1, 0.15) is 5.89 Å². The summed E-state index contributed by atoms with van der Waals surface area (Å²) in [5, 5.41) is 0.509. The first kappa shape index (κ1) is 15.3. The van der Waals surface area contributed by atoms with Crippen LogP contribution in [0.4, 0.5) is 0 Å². The fourth-order valence-electron chi connectivity index (χ4n) is 2.00. The van der Waals surface area contributed by atoms with Gasteiger partial charge in [0.15, 0.2) is 5.89 Å². The predicted molar refractivity (Wildman–Crippen MR) is 81.9 cm³/mol. The van der Waals surface area contributed by atoms with Gasteiger partial charge in [0.1, 0.15) is 0 Å². The zero-order valence-corrected chi connectivity index (χ0v) is 12.5. The van der Waals surface area contributed by atoms with Crippen LogP contribution in [-0.2, 0) is 6.42 Å². The van der Waals surface area contributed by atoms with Crippen molar-refractivity contribution in [2.45, 2.75) is 6.42 Å². The van der Waals surface area contributed by atoms with Crippen molar-refractivity contribution in [3.05, 3.63) is 40.6 Å². The Morgan fingerprint density at radius 2 is 1.80 bits per heavy atom. The van der Waals surface area contributed by atoms with E-state index >= 15 is 0 Å². The monoisotopic (exact) mass is 314 g/mol. The average molecular weight is 315 g/mol. The van der Waals surface area contributed by atoms with Gasteiger partial charge in [0.05, 0.1) is 10.9 Å². The second-order valence-electron chi connectivity index (χ2n) is 4.38. The Morgan fingerprint density at radius 1 is 1.10 bits per heavy atom. The number of halogens is 2. The molecule has 0 saturated carbocycles. The van der Waals surface area contributed by atoms with E-state index in [1.807, 2.05) is 12.1 Å². The number of hydrogen-bond donors (Lipinski definition) is 0. The molecule has 0 aliphatic carbocycles. The first-order valence-corrected chi connectivity index (χ1v) is 7.54. The summed E-state index contributed by atoms with van der Waals surface area (Å²) in [5.74, 6) is 1.54. The molecular formula is C14H16Cl2N2O2. The van der Waals surface area contributed by atoms with Crippen molar-refractivity contribution in [1.29, 1.82) is 0 Å². The maximum Gasteiger partial charge on any atom is 0.346 e. The normalized spacial score (nSPS) is 11.3. The summed E-state index contributed by atoms with van der Waals surface area (Å²) in [4.78, 5) is 18.3. The minimum Gasteiger partial charge on any atom is -0.408 e. The highest BCUT2D eigenvalue weighted by molar-refractivity contribution is 6.18. The largest absolute Gasteiger partial charge is 0.408 e. The number of nitrogens with zero attached hydrogens (tertiary/aromatic N) is 2. The van der Waals surface area contributed by atoms with Gasteiger partial charge in [-0.25, -0.2) is 9.78 Å². The number of alkyl halides is 2. The van der Waals surface area contributed by atoms with Gasteiger partial charge in [0.2, 0.25) is 0 Å². The molecule has 20 heavy (non-hydrogen) atoms. The van der Waals surface area contributed by atoms with E-state index in [9.17, 15) is 4.79 Å². The zero-order valence-electron chi connectivity index (χ0n) is 11.0. The van der Waals surface area contributed by atoms with Crippen LogP contribution in [0, 0.1) is 0 Å². The van der Waals surface area contributed by atoms with E-state index < -0.39 is 0 Å². The molecule has 0 amide bonds. The van der Waals surface area contributed by atoms with Gasteiger partial charge in [0, 0.05) is 37.8 Å². The molecule has 0 radical (unpaired) electrons. The average Bonchev–Trinajstić information content (AvgIpc) is 2.45. The second-order valence-corrected chi connectivity index (χ2v) is 5.14. The quantitative estimate of drug-likeness (QED) is 0.737. The van der Waals surface area contributed by atoms with Crippen molar-refractivity contribution in [3.8, 4) is 0 Å². The molecule has 0 spiro atoms. The van der Waals surface area contributed by atoms with Crippen LogP contribution in [-0.4, -0.2) is 41.3 Å². The molecule has 0 bridgehead atoms. The van der Waals surface area contributed by atoms with Crippen molar-refractivity contribution in [2.24, 2.45) is 0 Å². The minimum atomic E-state index is -0.341. The summed E-state index contributed by atoms with van der Waals surface area (Å²) in [6.07, 6.45) is 0.563. The van der Waals surface area contributed by atoms with Crippen LogP contribution in [0.15, 0.2) is 33.5 Å². The van der Waals surface area contributed by atoms with E-state index in [0.717, 1.165) is 13.1 Å². The third kappa shape index (κ3) is 3.95. The number of aromatic nitrogens is 1. The van der Waals surface area contributed by atoms with E-state index in [0.29, 0.717) is 41.5 Å². The van der Waals surface area contributed by atoms with Gasteiger partial charge in [-0.3, -0.25) is 0 Å². The molecule has 0 atom stereocenters. The van der Waals surface area contributed by atoms with Crippen LogP contribution in [0.25, 0.3) is 10.9 Å². The number of benzene rings is 1. The maximum atomic E-state index is 11.8. The highest BCUT2D eigenvalue weighted by Crippen LogP contribution is 2.08. The predicted octanol–water partition coefficient (Wildman–Crippen LogP) is 2.51. The zero-order chi connectivity index (χ0) is 14.4. The van der Waals surface area contributed by atoms with Crippen LogP contribution in [0.5, 0.6) is 0 Å². The topological polar surface area (TPSA) is 46.3 Å². The Hall–Kier alpha value is -1.10. The Bertz CT molecular complexity index is 609. The van der Waals surface area contributed by atoms with Gasteiger partial charge < -0.3 is 9.32 Å². The van der Waals surface area contributed by atoms with Gasteiger partial charge in [-0.1, -0.05) is 12.1 Å². The van der Waals surface area contributed by atoms with Crippen molar-refractivity contribution in [2.75, 3.05) is 31.4 Å². The molecule has 1 aromatic carbocycles. The first-order valence-electron chi connectivity index (χ1n) is 6.47. The summed E-state index contributed by atoms with van der Waals surface area (Å²) in [5.41, 5.74) is 0.326. The molecule has 4 nitrogen and oxygen atoms in total. The lowest BCUT2D eigenvalue weighted by atomic mass is 10.2. The maximum absolute atomic E-state index is 11.8. The number of fused-ring (bicyclic) bond motifs is 1. The van der Waals surface area contributed by atoms with Crippen molar-refractivity contribution >= 4 is 34.1 Å². The van der Waals surface area contributed by atoms with Crippen LogP contribution < -0.4 is 5.63 Å². The molecule has 0 fully saturated rings. The molecular weight excluding hydrogens is 299 g/mol. The van der Waals surface area contributed by atoms with E-state index in [1.54, 1.807) is 12.1 Å². The van der Waals surface area contributed by atoms with Crippen molar-refractivity contribution in [1.82, 2.24) is 9.88 Å². The summed E-state index contributed by atoms with van der Waals surface area (Å²) in [6, 6.07) is 7.17. The summed E-state index contributed by atoms with van der Waals surface area (Å²) >= 11 is 11.5. The highest BCUT2D eigenvalue weighted by atomic mass is 35.5. The minimum absolute atomic E-state index is 0.341. The molecule has 6 heteroatoms. The van der Waals surface area contributed by atoms with Gasteiger partial charge in [-0.15, -0.1) is 23.2 Å². The van der Waals surface area contributed by atoms with E-state index in [-0.39, 0.29) is 5.63 Å². The summed E-state index contributed by atoms with van der Waals surface area (Å²) in [6.45, 7) is 2.23. The standard InChI is InChI=1S/C14H16Cl2N2O2/c15-6-9-18(10-7-16)8-5-13-17-12-4-2-1-3-11(12)14(19)20-13/h1-4H,5-10H2. The van der Waals surface area contributed by atoms with Crippen LogP contribution >= 0.6 is 23.2 Å². The van der Waals surface area contributed by atoms with Gasteiger partial charge in [0.25, 0.3) is 0 Å².